The number of thiophene rings is 1. The first-order valence-electron chi connectivity index (χ1n) is 7.55. The summed E-state index contributed by atoms with van der Waals surface area (Å²) in [6.45, 7) is 0. The Kier molecular flexibility index (Phi) is 4.00. The Morgan fingerprint density at radius 3 is 2.54 bits per heavy atom. The van der Waals surface area contributed by atoms with Gasteiger partial charge in [0.05, 0.1) is 17.4 Å². The number of hydrazone groups is 1. The van der Waals surface area contributed by atoms with Crippen LogP contribution in [0.4, 0.5) is 5.95 Å². The molecule has 0 saturated heterocycles. The molecule has 0 radical (unpaired) electrons. The minimum Gasteiger partial charge on any atom is -0.245 e. The van der Waals surface area contributed by atoms with Crippen molar-refractivity contribution in [3.63, 3.8) is 0 Å². The molecule has 1 N–H and O–H groups in total. The highest BCUT2D eigenvalue weighted by molar-refractivity contribution is 7.11. The minimum atomic E-state index is 0.486. The van der Waals surface area contributed by atoms with E-state index in [1.165, 1.54) is 0 Å². The fourth-order valence-electron chi connectivity index (χ4n) is 2.46. The smallest absolute Gasteiger partial charge is 0.244 e. The summed E-state index contributed by atoms with van der Waals surface area (Å²) < 4.78 is 0. The summed E-state index contributed by atoms with van der Waals surface area (Å²) in [4.78, 5) is 10.3. The number of rotatable bonds is 4. The molecule has 2 heterocycles. The first-order valence-corrected chi connectivity index (χ1v) is 8.43. The van der Waals surface area contributed by atoms with Crippen molar-refractivity contribution in [3.05, 3.63) is 77.0 Å². The Labute approximate surface area is 143 Å². The van der Waals surface area contributed by atoms with Gasteiger partial charge in [-0.25, -0.2) is 15.4 Å². The van der Waals surface area contributed by atoms with Gasteiger partial charge in [-0.15, -0.1) is 11.3 Å². The zero-order valence-corrected chi connectivity index (χ0v) is 13.6. The number of benzene rings is 2. The van der Waals surface area contributed by atoms with Gasteiger partial charge in [0.2, 0.25) is 5.95 Å². The van der Waals surface area contributed by atoms with E-state index >= 15 is 0 Å². The van der Waals surface area contributed by atoms with E-state index in [1.54, 1.807) is 17.6 Å². The highest BCUT2D eigenvalue weighted by Crippen LogP contribution is 2.26. The molecule has 0 amide bonds. The molecule has 116 valence electrons. The number of fused-ring (bicyclic) bond motifs is 1. The highest BCUT2D eigenvalue weighted by atomic mass is 32.1. The van der Waals surface area contributed by atoms with Crippen molar-refractivity contribution in [3.8, 4) is 11.3 Å². The van der Waals surface area contributed by atoms with Crippen LogP contribution in [0.3, 0.4) is 0 Å². The Hall–Kier alpha value is -3.05. The number of aromatic nitrogens is 2. The Balaban J connectivity index is 1.74. The molecule has 0 aliphatic heterocycles. The SMILES string of the molecule is C(=NNc1nc(-c2ccccc2)c2ccccc2n1)c1cccs1. The summed E-state index contributed by atoms with van der Waals surface area (Å²) in [5.74, 6) is 0.486. The molecule has 2 aromatic heterocycles. The molecule has 0 aliphatic carbocycles. The molecule has 4 nitrogen and oxygen atoms in total. The van der Waals surface area contributed by atoms with E-state index in [0.29, 0.717) is 5.95 Å². The molecule has 0 fully saturated rings. The van der Waals surface area contributed by atoms with Gasteiger partial charge in [0.1, 0.15) is 0 Å². The van der Waals surface area contributed by atoms with Crippen LogP contribution in [0.25, 0.3) is 22.2 Å². The number of para-hydroxylation sites is 1. The standard InChI is InChI=1S/C19H14N4S/c1-2-7-14(8-3-1)18-16-10-4-5-11-17(16)21-19(22-18)23-20-13-15-9-6-12-24-15/h1-13H,(H,21,22,23). The normalized spacial score (nSPS) is 11.2. The van der Waals surface area contributed by atoms with Crippen molar-refractivity contribution in [1.82, 2.24) is 9.97 Å². The number of nitrogens with zero attached hydrogens (tertiary/aromatic N) is 3. The second kappa shape index (κ2) is 6.60. The second-order valence-electron chi connectivity index (χ2n) is 5.16. The number of nitrogens with one attached hydrogen (secondary N) is 1. The quantitative estimate of drug-likeness (QED) is 0.432. The van der Waals surface area contributed by atoms with E-state index < -0.39 is 0 Å². The van der Waals surface area contributed by atoms with E-state index in [2.05, 4.69) is 20.5 Å². The minimum absolute atomic E-state index is 0.486. The first-order chi connectivity index (χ1) is 11.9. The van der Waals surface area contributed by atoms with Crippen LogP contribution in [0.15, 0.2) is 77.2 Å². The van der Waals surface area contributed by atoms with Crippen LogP contribution in [-0.2, 0) is 0 Å². The molecule has 0 atom stereocenters. The van der Waals surface area contributed by atoms with E-state index in [-0.39, 0.29) is 0 Å². The van der Waals surface area contributed by atoms with Gasteiger partial charge in [-0.1, -0.05) is 54.6 Å². The fraction of sp³-hybridized carbons (Fsp3) is 0. The molecular formula is C19H14N4S. The molecular weight excluding hydrogens is 316 g/mol. The van der Waals surface area contributed by atoms with E-state index in [1.807, 2.05) is 72.1 Å². The van der Waals surface area contributed by atoms with Crippen LogP contribution in [-0.4, -0.2) is 16.2 Å². The molecule has 4 aromatic rings. The Morgan fingerprint density at radius 2 is 1.71 bits per heavy atom. The first kappa shape index (κ1) is 14.5. The number of hydrogen-bond donors (Lipinski definition) is 1. The van der Waals surface area contributed by atoms with Crippen LogP contribution in [0, 0.1) is 0 Å². The Bertz CT molecular complexity index is 979. The molecule has 0 bridgehead atoms. The predicted molar refractivity (Wildman–Crippen MR) is 101 cm³/mol. The molecule has 0 saturated carbocycles. The summed E-state index contributed by atoms with van der Waals surface area (Å²) in [6, 6.07) is 22.1. The summed E-state index contributed by atoms with van der Waals surface area (Å²) >= 11 is 1.63. The molecule has 0 aliphatic rings. The van der Waals surface area contributed by atoms with Crippen molar-refractivity contribution in [2.24, 2.45) is 5.10 Å². The van der Waals surface area contributed by atoms with Crippen molar-refractivity contribution in [2.75, 3.05) is 5.43 Å². The van der Waals surface area contributed by atoms with Gasteiger partial charge in [0, 0.05) is 15.8 Å². The van der Waals surface area contributed by atoms with Crippen LogP contribution >= 0.6 is 11.3 Å². The van der Waals surface area contributed by atoms with Gasteiger partial charge in [-0.2, -0.15) is 5.10 Å². The topological polar surface area (TPSA) is 50.2 Å². The van der Waals surface area contributed by atoms with Crippen LogP contribution in [0.2, 0.25) is 0 Å². The molecule has 2 aromatic carbocycles. The summed E-state index contributed by atoms with van der Waals surface area (Å²) in [7, 11) is 0. The lowest BCUT2D eigenvalue weighted by Gasteiger charge is -2.08. The number of anilines is 1. The Morgan fingerprint density at radius 1 is 0.875 bits per heavy atom. The van der Waals surface area contributed by atoms with Gasteiger partial charge in [0.15, 0.2) is 0 Å². The van der Waals surface area contributed by atoms with Gasteiger partial charge in [-0.05, 0) is 17.5 Å². The lowest BCUT2D eigenvalue weighted by atomic mass is 10.1. The van der Waals surface area contributed by atoms with E-state index in [0.717, 1.165) is 27.0 Å². The summed E-state index contributed by atoms with van der Waals surface area (Å²) in [6.07, 6.45) is 1.77. The van der Waals surface area contributed by atoms with Crippen molar-refractivity contribution in [1.29, 1.82) is 0 Å². The van der Waals surface area contributed by atoms with Crippen molar-refractivity contribution in [2.45, 2.75) is 0 Å². The van der Waals surface area contributed by atoms with Gasteiger partial charge < -0.3 is 0 Å². The lowest BCUT2D eigenvalue weighted by molar-refractivity contribution is 1.16. The molecule has 5 heteroatoms. The monoisotopic (exact) mass is 330 g/mol. The van der Waals surface area contributed by atoms with Crippen molar-refractivity contribution >= 4 is 34.4 Å². The second-order valence-corrected chi connectivity index (χ2v) is 6.14. The molecule has 24 heavy (non-hydrogen) atoms. The zero-order valence-electron chi connectivity index (χ0n) is 12.8. The molecule has 0 unspecified atom stereocenters. The van der Waals surface area contributed by atoms with Gasteiger partial charge >= 0.3 is 0 Å². The third kappa shape index (κ3) is 3.02. The van der Waals surface area contributed by atoms with E-state index in [4.69, 9.17) is 0 Å². The average Bonchev–Trinajstić information content (AvgIpc) is 3.15. The van der Waals surface area contributed by atoms with Crippen LogP contribution < -0.4 is 5.43 Å². The van der Waals surface area contributed by atoms with Gasteiger partial charge in [0.25, 0.3) is 0 Å². The predicted octanol–water partition coefficient (Wildman–Crippen LogP) is 4.80. The van der Waals surface area contributed by atoms with Gasteiger partial charge in [-0.3, -0.25) is 0 Å². The number of hydrogen-bond acceptors (Lipinski definition) is 5. The fourth-order valence-corrected chi connectivity index (χ4v) is 3.05. The maximum absolute atomic E-state index is 4.66. The average molecular weight is 330 g/mol. The molecule has 0 spiro atoms. The van der Waals surface area contributed by atoms with Crippen molar-refractivity contribution < 1.29 is 0 Å². The lowest BCUT2D eigenvalue weighted by Crippen LogP contribution is -1.99. The zero-order chi connectivity index (χ0) is 16.2. The third-order valence-electron chi connectivity index (χ3n) is 3.55. The largest absolute Gasteiger partial charge is 0.245 e. The van der Waals surface area contributed by atoms with Crippen LogP contribution in [0.1, 0.15) is 4.88 Å². The highest BCUT2D eigenvalue weighted by Gasteiger charge is 2.08. The molecule has 4 rings (SSSR count). The maximum Gasteiger partial charge on any atom is 0.244 e. The summed E-state index contributed by atoms with van der Waals surface area (Å²) in [5.41, 5.74) is 5.78. The van der Waals surface area contributed by atoms with E-state index in [9.17, 15) is 0 Å². The third-order valence-corrected chi connectivity index (χ3v) is 4.36. The van der Waals surface area contributed by atoms with Crippen LogP contribution in [0.5, 0.6) is 0 Å². The summed E-state index contributed by atoms with van der Waals surface area (Å²) in [5, 5.41) is 7.28. The maximum atomic E-state index is 4.66.